The summed E-state index contributed by atoms with van der Waals surface area (Å²) in [6.45, 7) is 6.36. The Labute approximate surface area is 185 Å². The Bertz CT molecular complexity index is 1170. The molecule has 31 heavy (non-hydrogen) atoms. The number of halogens is 1. The molecule has 3 rings (SSSR count). The molecular formula is C23H27ClN4O3. The number of para-hydroxylation sites is 1. The highest BCUT2D eigenvalue weighted by Gasteiger charge is 2.21. The number of aromatic amines is 1. The average molecular weight is 443 g/mol. The minimum Gasteiger partial charge on any atom is -0.354 e. The number of amides is 1. The molecule has 0 aliphatic carbocycles. The number of hydrogen-bond donors (Lipinski definition) is 2. The fourth-order valence-corrected chi connectivity index (χ4v) is 4.08. The lowest BCUT2D eigenvalue weighted by Crippen LogP contribution is -2.39. The van der Waals surface area contributed by atoms with E-state index in [4.69, 9.17) is 11.6 Å². The molecule has 3 aromatic rings. The standard InChI is InChI=1S/C23H27ClN4O3/c1-3-27(4-2)20(16-9-5-7-11-18(16)24)15-25-21(29)13-14-28-19-12-8-6-10-17(19)22(30)26-23(28)31/h5-12,20H,3-4,13-15H2,1-2H3,(H,25,29)(H,26,30,31)/t20-/m1/s1. The molecule has 1 amide bonds. The Hall–Kier alpha value is -2.90. The van der Waals surface area contributed by atoms with Crippen molar-refractivity contribution >= 4 is 28.4 Å². The van der Waals surface area contributed by atoms with E-state index in [0.717, 1.165) is 18.7 Å². The van der Waals surface area contributed by atoms with Gasteiger partial charge in [-0.25, -0.2) is 4.79 Å². The number of hydrogen-bond acceptors (Lipinski definition) is 4. The SMILES string of the molecule is CCN(CC)[C@H](CNC(=O)CCn1c(=O)[nH]c(=O)c2ccccc21)c1ccccc1Cl. The lowest BCUT2D eigenvalue weighted by Gasteiger charge is -2.31. The quantitative estimate of drug-likeness (QED) is 0.533. The summed E-state index contributed by atoms with van der Waals surface area (Å²) >= 11 is 6.41. The Morgan fingerprint density at radius 1 is 1.10 bits per heavy atom. The second-order valence-electron chi connectivity index (χ2n) is 7.24. The number of benzene rings is 2. The zero-order valence-electron chi connectivity index (χ0n) is 17.7. The molecule has 0 fully saturated rings. The number of carbonyl (C=O) groups excluding carboxylic acids is 1. The normalized spacial score (nSPS) is 12.3. The minimum atomic E-state index is -0.520. The van der Waals surface area contributed by atoms with E-state index in [9.17, 15) is 14.4 Å². The number of aryl methyl sites for hydroxylation is 1. The van der Waals surface area contributed by atoms with E-state index in [0.29, 0.717) is 22.5 Å². The van der Waals surface area contributed by atoms with Crippen molar-refractivity contribution in [3.63, 3.8) is 0 Å². The summed E-state index contributed by atoms with van der Waals surface area (Å²) in [5, 5.41) is 4.07. The number of rotatable bonds is 9. The van der Waals surface area contributed by atoms with Gasteiger partial charge >= 0.3 is 5.69 Å². The van der Waals surface area contributed by atoms with Gasteiger partial charge in [0, 0.05) is 24.5 Å². The molecule has 1 aromatic heterocycles. The van der Waals surface area contributed by atoms with E-state index in [2.05, 4.69) is 29.0 Å². The van der Waals surface area contributed by atoms with Gasteiger partial charge in [-0.1, -0.05) is 55.8 Å². The van der Waals surface area contributed by atoms with Crippen molar-refractivity contribution in [2.75, 3.05) is 19.6 Å². The van der Waals surface area contributed by atoms with Gasteiger partial charge in [-0.2, -0.15) is 0 Å². The third kappa shape index (κ3) is 5.24. The maximum absolute atomic E-state index is 12.6. The molecule has 1 atom stereocenters. The number of H-pyrrole nitrogens is 1. The molecular weight excluding hydrogens is 416 g/mol. The first-order valence-electron chi connectivity index (χ1n) is 10.4. The van der Waals surface area contributed by atoms with Crippen molar-refractivity contribution in [2.45, 2.75) is 32.9 Å². The van der Waals surface area contributed by atoms with E-state index < -0.39 is 11.2 Å². The zero-order valence-corrected chi connectivity index (χ0v) is 18.5. The predicted molar refractivity (Wildman–Crippen MR) is 124 cm³/mol. The molecule has 8 heteroatoms. The molecule has 1 heterocycles. The van der Waals surface area contributed by atoms with Crippen LogP contribution in [0.15, 0.2) is 58.1 Å². The Morgan fingerprint density at radius 3 is 2.48 bits per heavy atom. The first kappa shape index (κ1) is 22.8. The zero-order chi connectivity index (χ0) is 22.4. The van der Waals surface area contributed by atoms with Gasteiger partial charge in [-0.15, -0.1) is 0 Å². The average Bonchev–Trinajstić information content (AvgIpc) is 2.77. The van der Waals surface area contributed by atoms with Crippen molar-refractivity contribution in [1.29, 1.82) is 0 Å². The lowest BCUT2D eigenvalue weighted by atomic mass is 10.0. The molecule has 0 saturated carbocycles. The summed E-state index contributed by atoms with van der Waals surface area (Å²) in [7, 11) is 0. The second kappa shape index (κ2) is 10.4. The fraction of sp³-hybridized carbons (Fsp3) is 0.348. The molecule has 0 spiro atoms. The van der Waals surface area contributed by atoms with Gasteiger partial charge in [0.05, 0.1) is 16.9 Å². The summed E-state index contributed by atoms with van der Waals surface area (Å²) in [6, 6.07) is 14.5. The van der Waals surface area contributed by atoms with E-state index in [-0.39, 0.29) is 24.9 Å². The highest BCUT2D eigenvalue weighted by Crippen LogP contribution is 2.27. The highest BCUT2D eigenvalue weighted by atomic mass is 35.5. The van der Waals surface area contributed by atoms with Crippen LogP contribution in [0.1, 0.15) is 31.9 Å². The van der Waals surface area contributed by atoms with E-state index >= 15 is 0 Å². The largest absolute Gasteiger partial charge is 0.354 e. The van der Waals surface area contributed by atoms with Crippen molar-refractivity contribution < 1.29 is 4.79 Å². The van der Waals surface area contributed by atoms with E-state index in [1.54, 1.807) is 24.3 Å². The Kier molecular flexibility index (Phi) is 7.65. The molecule has 0 aliphatic heterocycles. The molecule has 0 radical (unpaired) electrons. The summed E-state index contributed by atoms with van der Waals surface area (Å²) < 4.78 is 1.42. The van der Waals surface area contributed by atoms with Crippen LogP contribution in [0.2, 0.25) is 5.02 Å². The van der Waals surface area contributed by atoms with E-state index in [1.165, 1.54) is 4.57 Å². The molecule has 2 N–H and O–H groups in total. The van der Waals surface area contributed by atoms with Gasteiger partial charge in [0.15, 0.2) is 0 Å². The van der Waals surface area contributed by atoms with Crippen molar-refractivity contribution in [1.82, 2.24) is 19.8 Å². The van der Waals surface area contributed by atoms with Crippen LogP contribution in [0, 0.1) is 0 Å². The monoisotopic (exact) mass is 442 g/mol. The van der Waals surface area contributed by atoms with Crippen molar-refractivity contribution in [3.05, 3.63) is 80.0 Å². The van der Waals surface area contributed by atoms with Crippen LogP contribution in [0.4, 0.5) is 0 Å². The molecule has 7 nitrogen and oxygen atoms in total. The van der Waals surface area contributed by atoms with Crippen LogP contribution < -0.4 is 16.6 Å². The summed E-state index contributed by atoms with van der Waals surface area (Å²) in [5.41, 5.74) is 0.536. The first-order chi connectivity index (χ1) is 15.0. The number of likely N-dealkylation sites (N-methyl/N-ethyl adjacent to an activating group) is 1. The number of fused-ring (bicyclic) bond motifs is 1. The van der Waals surface area contributed by atoms with Gasteiger partial charge < -0.3 is 5.32 Å². The third-order valence-electron chi connectivity index (χ3n) is 5.48. The minimum absolute atomic E-state index is 0.0516. The maximum Gasteiger partial charge on any atom is 0.328 e. The number of nitrogens with one attached hydrogen (secondary N) is 2. The van der Waals surface area contributed by atoms with Crippen LogP contribution in [-0.4, -0.2) is 40.0 Å². The smallest absolute Gasteiger partial charge is 0.328 e. The van der Waals surface area contributed by atoms with E-state index in [1.807, 2.05) is 24.3 Å². The van der Waals surface area contributed by atoms with Gasteiger partial charge in [0.25, 0.3) is 5.56 Å². The number of nitrogens with zero attached hydrogens (tertiary/aromatic N) is 2. The van der Waals surface area contributed by atoms with Crippen molar-refractivity contribution in [2.24, 2.45) is 0 Å². The highest BCUT2D eigenvalue weighted by molar-refractivity contribution is 6.31. The number of aromatic nitrogens is 2. The topological polar surface area (TPSA) is 87.2 Å². The summed E-state index contributed by atoms with van der Waals surface area (Å²) in [5.74, 6) is -0.175. The molecule has 2 aromatic carbocycles. The van der Waals surface area contributed by atoms with Crippen LogP contribution >= 0.6 is 11.6 Å². The molecule has 0 unspecified atom stereocenters. The van der Waals surface area contributed by atoms with Gasteiger partial charge in [-0.3, -0.25) is 24.0 Å². The second-order valence-corrected chi connectivity index (χ2v) is 7.65. The van der Waals surface area contributed by atoms with Crippen LogP contribution in [0.5, 0.6) is 0 Å². The Balaban J connectivity index is 1.72. The predicted octanol–water partition coefficient (Wildman–Crippen LogP) is 2.93. The number of carbonyl (C=O) groups is 1. The molecule has 164 valence electrons. The van der Waals surface area contributed by atoms with Gasteiger partial charge in [0.1, 0.15) is 0 Å². The third-order valence-corrected chi connectivity index (χ3v) is 5.82. The van der Waals surface area contributed by atoms with Crippen LogP contribution in [0.25, 0.3) is 10.9 Å². The lowest BCUT2D eigenvalue weighted by molar-refractivity contribution is -0.121. The molecule has 0 aliphatic rings. The first-order valence-corrected chi connectivity index (χ1v) is 10.8. The van der Waals surface area contributed by atoms with Gasteiger partial charge in [-0.05, 0) is 36.9 Å². The van der Waals surface area contributed by atoms with Gasteiger partial charge in [0.2, 0.25) is 5.91 Å². The summed E-state index contributed by atoms with van der Waals surface area (Å²) in [4.78, 5) is 41.4. The molecule has 0 bridgehead atoms. The van der Waals surface area contributed by atoms with Crippen molar-refractivity contribution in [3.8, 4) is 0 Å². The Morgan fingerprint density at radius 2 is 1.77 bits per heavy atom. The summed E-state index contributed by atoms with van der Waals surface area (Å²) in [6.07, 6.45) is 0.115. The molecule has 0 saturated heterocycles. The maximum atomic E-state index is 12.6. The fourth-order valence-electron chi connectivity index (χ4n) is 3.82. The van der Waals surface area contributed by atoms with Crippen LogP contribution in [0.3, 0.4) is 0 Å². The van der Waals surface area contributed by atoms with Crippen LogP contribution in [-0.2, 0) is 11.3 Å².